The van der Waals surface area contributed by atoms with Crippen molar-refractivity contribution in [3.63, 3.8) is 0 Å². The molecule has 0 saturated heterocycles. The first-order valence-electron chi connectivity index (χ1n) is 8.60. The molecule has 0 aromatic heterocycles. The zero-order valence-electron chi connectivity index (χ0n) is 16.1. The van der Waals surface area contributed by atoms with Crippen LogP contribution in [0.2, 0.25) is 0 Å². The van der Waals surface area contributed by atoms with Crippen LogP contribution in [0.25, 0.3) is 0 Å². The van der Waals surface area contributed by atoms with Gasteiger partial charge in [-0.25, -0.2) is 4.79 Å². The molecule has 0 heterocycles. The van der Waals surface area contributed by atoms with E-state index in [9.17, 15) is 9.59 Å². The monoisotopic (exact) mass is 367 g/mol. The van der Waals surface area contributed by atoms with E-state index in [1.54, 1.807) is 26.4 Å². The Bertz CT molecular complexity index is 579. The first-order valence-corrected chi connectivity index (χ1v) is 8.60. The van der Waals surface area contributed by atoms with Gasteiger partial charge in [0.05, 0.1) is 20.8 Å². The van der Waals surface area contributed by atoms with Crippen molar-refractivity contribution in [1.29, 1.82) is 0 Å². The van der Waals surface area contributed by atoms with Crippen LogP contribution in [0.5, 0.6) is 17.2 Å². The summed E-state index contributed by atoms with van der Waals surface area (Å²) in [5, 5.41) is 8.15. The fraction of sp³-hybridized carbons (Fsp3) is 0.556. The Morgan fingerprint density at radius 1 is 1.08 bits per heavy atom. The van der Waals surface area contributed by atoms with Crippen LogP contribution in [0.1, 0.15) is 32.8 Å². The number of carbonyl (C=O) groups excluding carboxylic acids is 2. The molecule has 1 rings (SSSR count). The molecule has 1 aromatic carbocycles. The van der Waals surface area contributed by atoms with Crippen molar-refractivity contribution < 1.29 is 23.8 Å². The molecule has 0 radical (unpaired) electrons. The number of amides is 3. The first kappa shape index (κ1) is 21.4. The topological polar surface area (TPSA) is 97.9 Å². The molecule has 0 aliphatic rings. The number of ether oxygens (including phenoxy) is 3. The third-order valence-corrected chi connectivity index (χ3v) is 3.35. The molecule has 146 valence electrons. The van der Waals surface area contributed by atoms with E-state index < -0.39 is 0 Å². The number of hydrogen-bond donors (Lipinski definition) is 3. The Morgan fingerprint density at radius 3 is 2.19 bits per heavy atom. The minimum atomic E-state index is -0.353. The predicted molar refractivity (Wildman–Crippen MR) is 98.8 cm³/mol. The highest BCUT2D eigenvalue weighted by Crippen LogP contribution is 2.38. The van der Waals surface area contributed by atoms with Gasteiger partial charge in [0.1, 0.15) is 0 Å². The van der Waals surface area contributed by atoms with Crippen LogP contribution in [0.3, 0.4) is 0 Å². The molecule has 0 atom stereocenters. The number of nitrogens with one attached hydrogen (secondary N) is 3. The van der Waals surface area contributed by atoms with Crippen molar-refractivity contribution in [3.8, 4) is 17.2 Å². The third kappa shape index (κ3) is 7.08. The fourth-order valence-corrected chi connectivity index (χ4v) is 2.25. The lowest BCUT2D eigenvalue weighted by Crippen LogP contribution is -2.38. The highest BCUT2D eigenvalue weighted by atomic mass is 16.5. The molecule has 26 heavy (non-hydrogen) atoms. The highest BCUT2D eigenvalue weighted by Gasteiger charge is 2.14. The van der Waals surface area contributed by atoms with Gasteiger partial charge in [-0.2, -0.15) is 0 Å². The van der Waals surface area contributed by atoms with Crippen LogP contribution in [0.15, 0.2) is 12.1 Å². The van der Waals surface area contributed by atoms with Crippen molar-refractivity contribution in [2.45, 2.75) is 39.8 Å². The Balaban J connectivity index is 2.56. The van der Waals surface area contributed by atoms with Gasteiger partial charge in [0.2, 0.25) is 11.7 Å². The minimum absolute atomic E-state index is 0.0842. The zero-order chi connectivity index (χ0) is 19.5. The van der Waals surface area contributed by atoms with Gasteiger partial charge in [-0.3, -0.25) is 4.79 Å². The summed E-state index contributed by atoms with van der Waals surface area (Å²) in [6, 6.07) is 3.29. The number of benzene rings is 1. The van der Waals surface area contributed by atoms with Gasteiger partial charge in [-0.1, -0.05) is 0 Å². The molecule has 0 aliphatic carbocycles. The van der Waals surface area contributed by atoms with E-state index in [4.69, 9.17) is 14.2 Å². The van der Waals surface area contributed by atoms with E-state index in [1.165, 1.54) is 0 Å². The van der Waals surface area contributed by atoms with Gasteiger partial charge in [0.25, 0.3) is 0 Å². The Labute approximate surface area is 154 Å². The smallest absolute Gasteiger partial charge is 0.315 e. The van der Waals surface area contributed by atoms with E-state index >= 15 is 0 Å². The van der Waals surface area contributed by atoms with Crippen molar-refractivity contribution >= 4 is 11.9 Å². The molecule has 0 aliphatic heterocycles. The van der Waals surface area contributed by atoms with Crippen LogP contribution in [0, 0.1) is 0 Å². The quantitative estimate of drug-likeness (QED) is 0.586. The number of carbonyl (C=O) groups is 2. The summed E-state index contributed by atoms with van der Waals surface area (Å²) in [6.07, 6.45) is 0.232. The summed E-state index contributed by atoms with van der Waals surface area (Å²) in [5.74, 6) is 1.51. The lowest BCUT2D eigenvalue weighted by molar-refractivity contribution is -0.121. The van der Waals surface area contributed by atoms with Gasteiger partial charge in [-0.05, 0) is 38.5 Å². The van der Waals surface area contributed by atoms with Crippen molar-refractivity contribution in [1.82, 2.24) is 16.0 Å². The molecule has 3 amide bonds. The summed E-state index contributed by atoms with van der Waals surface area (Å²) in [7, 11) is 3.09. The molecule has 3 N–H and O–H groups in total. The van der Waals surface area contributed by atoms with Crippen LogP contribution in [-0.2, 0) is 11.3 Å². The molecule has 0 bridgehead atoms. The van der Waals surface area contributed by atoms with Crippen molar-refractivity contribution in [2.24, 2.45) is 0 Å². The molecule has 0 spiro atoms. The lowest BCUT2D eigenvalue weighted by Gasteiger charge is -2.15. The minimum Gasteiger partial charge on any atom is -0.493 e. The molecular weight excluding hydrogens is 338 g/mol. The fourth-order valence-electron chi connectivity index (χ4n) is 2.25. The normalized spacial score (nSPS) is 10.2. The highest BCUT2D eigenvalue weighted by molar-refractivity contribution is 5.78. The van der Waals surface area contributed by atoms with Gasteiger partial charge < -0.3 is 30.2 Å². The van der Waals surface area contributed by atoms with Crippen molar-refractivity contribution in [3.05, 3.63) is 17.7 Å². The predicted octanol–water partition coefficient (Wildman–Crippen LogP) is 1.82. The largest absolute Gasteiger partial charge is 0.493 e. The molecular formula is C18H29N3O5. The first-order chi connectivity index (χ1) is 12.4. The average molecular weight is 367 g/mol. The van der Waals surface area contributed by atoms with Crippen molar-refractivity contribution in [2.75, 3.05) is 27.4 Å². The molecule has 0 fully saturated rings. The maximum absolute atomic E-state index is 11.9. The van der Waals surface area contributed by atoms with E-state index in [-0.39, 0.29) is 37.5 Å². The maximum atomic E-state index is 11.9. The Morgan fingerprint density at radius 2 is 1.69 bits per heavy atom. The van der Waals surface area contributed by atoms with E-state index in [0.717, 1.165) is 5.56 Å². The second kappa shape index (κ2) is 11.1. The standard InChI is InChI=1S/C18H29N3O5/c1-6-26-17-14(24-4)9-13(10-15(17)25-5)11-20-18(23)19-8-7-16(22)21-12(2)3/h9-10,12H,6-8,11H2,1-5H3,(H,21,22)(H2,19,20,23). The number of hydrogen-bond acceptors (Lipinski definition) is 5. The number of rotatable bonds is 10. The van der Waals surface area contributed by atoms with Gasteiger partial charge in [0.15, 0.2) is 11.5 Å². The maximum Gasteiger partial charge on any atom is 0.315 e. The third-order valence-electron chi connectivity index (χ3n) is 3.35. The molecule has 8 nitrogen and oxygen atoms in total. The Kier molecular flexibility index (Phi) is 9.11. The molecule has 0 saturated carbocycles. The summed E-state index contributed by atoms with van der Waals surface area (Å²) < 4.78 is 16.2. The molecule has 0 unspecified atom stereocenters. The number of methoxy groups -OCH3 is 2. The SMILES string of the molecule is CCOc1c(OC)cc(CNC(=O)NCCC(=O)NC(C)C)cc1OC. The van der Waals surface area contributed by atoms with Gasteiger partial charge >= 0.3 is 6.03 Å². The van der Waals surface area contributed by atoms with Crippen LogP contribution < -0.4 is 30.2 Å². The average Bonchev–Trinajstić information content (AvgIpc) is 2.59. The second-order valence-electron chi connectivity index (χ2n) is 5.84. The van der Waals surface area contributed by atoms with E-state index in [2.05, 4.69) is 16.0 Å². The number of urea groups is 1. The lowest BCUT2D eigenvalue weighted by atomic mass is 10.2. The molecule has 1 aromatic rings. The molecule has 8 heteroatoms. The zero-order valence-corrected chi connectivity index (χ0v) is 16.1. The van der Waals surface area contributed by atoms with Crippen LogP contribution in [0.4, 0.5) is 4.79 Å². The van der Waals surface area contributed by atoms with Crippen LogP contribution >= 0.6 is 0 Å². The van der Waals surface area contributed by atoms with E-state index in [0.29, 0.717) is 23.9 Å². The summed E-state index contributed by atoms with van der Waals surface area (Å²) in [4.78, 5) is 23.4. The van der Waals surface area contributed by atoms with E-state index in [1.807, 2.05) is 20.8 Å². The summed E-state index contributed by atoms with van der Waals surface area (Å²) in [5.41, 5.74) is 0.801. The summed E-state index contributed by atoms with van der Waals surface area (Å²) in [6.45, 7) is 6.68. The van der Waals surface area contributed by atoms with Gasteiger partial charge in [-0.15, -0.1) is 0 Å². The Hall–Kier alpha value is -2.64. The summed E-state index contributed by atoms with van der Waals surface area (Å²) >= 11 is 0. The second-order valence-corrected chi connectivity index (χ2v) is 5.84. The van der Waals surface area contributed by atoms with Gasteiger partial charge in [0, 0.05) is 25.6 Å². The van der Waals surface area contributed by atoms with Crippen LogP contribution in [-0.4, -0.2) is 45.4 Å².